The minimum Gasteiger partial charge on any atom is -0.324 e. The van der Waals surface area contributed by atoms with E-state index in [0.717, 1.165) is 29.0 Å². The summed E-state index contributed by atoms with van der Waals surface area (Å²) in [6.45, 7) is 1.95. The average molecular weight is 404 g/mol. The first kappa shape index (κ1) is 18.2. The predicted octanol–water partition coefficient (Wildman–Crippen LogP) is 5.52. The highest BCUT2D eigenvalue weighted by atomic mass is 35.5. The quantitative estimate of drug-likeness (QED) is 0.458. The number of aromatic nitrogens is 4. The van der Waals surface area contributed by atoms with Crippen LogP contribution in [0.25, 0.3) is 16.9 Å². The molecule has 9 heteroatoms. The molecule has 4 rings (SSSR count). The van der Waals surface area contributed by atoms with Crippen molar-refractivity contribution in [1.82, 2.24) is 19.6 Å². The molecule has 1 N–H and O–H groups in total. The molecule has 0 saturated carbocycles. The van der Waals surface area contributed by atoms with Crippen molar-refractivity contribution in [2.75, 3.05) is 5.32 Å². The van der Waals surface area contributed by atoms with Gasteiger partial charge in [-0.3, -0.25) is 9.38 Å². The van der Waals surface area contributed by atoms with Gasteiger partial charge in [0.2, 0.25) is 5.95 Å². The van der Waals surface area contributed by atoms with Crippen LogP contribution in [0.1, 0.15) is 11.1 Å². The number of benzene rings is 1. The Balaban J connectivity index is 1.69. The minimum absolute atomic E-state index is 0.295. The number of rotatable bonds is 3. The van der Waals surface area contributed by atoms with E-state index in [4.69, 9.17) is 11.6 Å². The average Bonchev–Trinajstić information content (AvgIpc) is 3.05. The molecule has 0 unspecified atom stereocenters. The van der Waals surface area contributed by atoms with Crippen molar-refractivity contribution in [2.45, 2.75) is 13.1 Å². The van der Waals surface area contributed by atoms with Crippen LogP contribution >= 0.6 is 11.6 Å². The van der Waals surface area contributed by atoms with E-state index in [1.54, 1.807) is 22.7 Å². The molecule has 0 amide bonds. The monoisotopic (exact) mass is 403 g/mol. The molecule has 0 radical (unpaired) electrons. The van der Waals surface area contributed by atoms with Crippen molar-refractivity contribution in [3.05, 3.63) is 71.0 Å². The lowest BCUT2D eigenvalue weighted by Crippen LogP contribution is -2.05. The zero-order chi connectivity index (χ0) is 19.9. The molecule has 0 aliphatic heterocycles. The summed E-state index contributed by atoms with van der Waals surface area (Å²) in [7, 11) is 0. The Morgan fingerprint density at radius 2 is 1.79 bits per heavy atom. The van der Waals surface area contributed by atoms with Crippen molar-refractivity contribution in [3.63, 3.8) is 0 Å². The highest BCUT2D eigenvalue weighted by molar-refractivity contribution is 6.30. The normalized spacial score (nSPS) is 11.8. The lowest BCUT2D eigenvalue weighted by atomic mass is 10.1. The summed E-state index contributed by atoms with van der Waals surface area (Å²) in [6.07, 6.45) is -2.69. The van der Waals surface area contributed by atoms with E-state index in [2.05, 4.69) is 20.5 Å². The molecule has 142 valence electrons. The number of alkyl halides is 3. The number of aryl methyl sites for hydroxylation is 1. The topological polar surface area (TPSA) is 55.1 Å². The number of fused-ring (bicyclic) bond motifs is 1. The molecule has 0 aliphatic carbocycles. The molecular weight excluding hydrogens is 391 g/mol. The zero-order valence-corrected chi connectivity index (χ0v) is 15.3. The maximum absolute atomic E-state index is 12.7. The molecule has 3 aromatic heterocycles. The molecule has 5 nitrogen and oxygen atoms in total. The molecule has 3 heterocycles. The van der Waals surface area contributed by atoms with Crippen LogP contribution < -0.4 is 5.32 Å². The first-order valence-electron chi connectivity index (χ1n) is 8.24. The van der Waals surface area contributed by atoms with E-state index < -0.39 is 11.7 Å². The smallest absolute Gasteiger partial charge is 0.324 e. The zero-order valence-electron chi connectivity index (χ0n) is 14.5. The molecule has 0 fully saturated rings. The second-order valence-electron chi connectivity index (χ2n) is 6.15. The van der Waals surface area contributed by atoms with E-state index in [1.807, 2.05) is 19.1 Å². The molecule has 4 aromatic rings. The Labute approximate surface area is 162 Å². The highest BCUT2D eigenvalue weighted by Gasteiger charge is 2.30. The van der Waals surface area contributed by atoms with Crippen LogP contribution in [0, 0.1) is 6.92 Å². The number of nitrogens with one attached hydrogen (secondary N) is 1. The molecule has 0 spiro atoms. The van der Waals surface area contributed by atoms with E-state index in [1.165, 1.54) is 12.1 Å². The van der Waals surface area contributed by atoms with Gasteiger partial charge in [-0.25, -0.2) is 0 Å². The van der Waals surface area contributed by atoms with E-state index in [9.17, 15) is 13.2 Å². The summed E-state index contributed by atoms with van der Waals surface area (Å²) >= 11 is 6.43. The van der Waals surface area contributed by atoms with E-state index in [-0.39, 0.29) is 0 Å². The summed E-state index contributed by atoms with van der Waals surface area (Å²) in [5, 5.41) is 11.4. The third-order valence-corrected chi connectivity index (χ3v) is 4.49. The first-order valence-corrected chi connectivity index (χ1v) is 8.62. The van der Waals surface area contributed by atoms with Crippen molar-refractivity contribution in [2.24, 2.45) is 0 Å². The number of hydrogen-bond acceptors (Lipinski definition) is 4. The van der Waals surface area contributed by atoms with Gasteiger partial charge >= 0.3 is 6.18 Å². The fraction of sp³-hybridized carbons (Fsp3) is 0.105. The van der Waals surface area contributed by atoms with Gasteiger partial charge in [0.1, 0.15) is 5.15 Å². The third kappa shape index (κ3) is 3.38. The van der Waals surface area contributed by atoms with Crippen molar-refractivity contribution in [3.8, 4) is 11.3 Å². The SMILES string of the molecule is Cc1cccnc1-c1cc(Cl)n2c(Nc3ccc(C(F)(F)F)cc3)nnc2c1. The van der Waals surface area contributed by atoms with Gasteiger partial charge in [0.05, 0.1) is 11.3 Å². The van der Waals surface area contributed by atoms with Crippen LogP contribution in [0.15, 0.2) is 54.7 Å². The molecule has 1 aromatic carbocycles. The Kier molecular flexibility index (Phi) is 4.43. The van der Waals surface area contributed by atoms with Crippen molar-refractivity contribution < 1.29 is 13.2 Å². The Hall–Kier alpha value is -3.13. The molecule has 0 saturated heterocycles. The maximum Gasteiger partial charge on any atom is 0.416 e. The lowest BCUT2D eigenvalue weighted by Gasteiger charge is -2.10. The Bertz CT molecular complexity index is 1150. The van der Waals surface area contributed by atoms with Crippen LogP contribution in [0.3, 0.4) is 0 Å². The van der Waals surface area contributed by atoms with Gasteiger partial charge in [0, 0.05) is 17.4 Å². The molecule has 0 aliphatic rings. The maximum atomic E-state index is 12.7. The largest absolute Gasteiger partial charge is 0.416 e. The summed E-state index contributed by atoms with van der Waals surface area (Å²) in [4.78, 5) is 4.38. The number of nitrogens with zero attached hydrogens (tertiary/aromatic N) is 4. The standard InChI is InChI=1S/C19H13ClF3N5/c1-11-3-2-8-24-17(11)12-9-15(20)28-16(10-12)26-27-18(28)25-14-6-4-13(5-7-14)19(21,22)23/h2-10H,1H3,(H,25,27). The molecular formula is C19H13ClF3N5. The summed E-state index contributed by atoms with van der Waals surface area (Å²) in [5.74, 6) is 0.295. The predicted molar refractivity (Wildman–Crippen MR) is 101 cm³/mol. The Morgan fingerprint density at radius 3 is 2.46 bits per heavy atom. The van der Waals surface area contributed by atoms with Gasteiger partial charge in [-0.15, -0.1) is 10.2 Å². The second-order valence-corrected chi connectivity index (χ2v) is 6.54. The van der Waals surface area contributed by atoms with Crippen LogP contribution in [-0.2, 0) is 6.18 Å². The number of hydrogen-bond donors (Lipinski definition) is 1. The van der Waals surface area contributed by atoms with Crippen LogP contribution in [-0.4, -0.2) is 19.6 Å². The van der Waals surface area contributed by atoms with Gasteiger partial charge in [0.15, 0.2) is 5.65 Å². The lowest BCUT2D eigenvalue weighted by molar-refractivity contribution is -0.137. The number of pyridine rings is 2. The number of halogens is 4. The second kappa shape index (κ2) is 6.79. The Morgan fingerprint density at radius 1 is 1.04 bits per heavy atom. The minimum atomic E-state index is -4.39. The molecule has 0 atom stereocenters. The van der Waals surface area contributed by atoms with Gasteiger partial charge in [-0.05, 0) is 55.0 Å². The number of anilines is 2. The molecule has 0 bridgehead atoms. The summed E-state index contributed by atoms with van der Waals surface area (Å²) < 4.78 is 39.7. The molecule has 28 heavy (non-hydrogen) atoms. The van der Waals surface area contributed by atoms with Gasteiger partial charge in [-0.2, -0.15) is 13.2 Å². The van der Waals surface area contributed by atoms with Gasteiger partial charge in [0.25, 0.3) is 0 Å². The fourth-order valence-electron chi connectivity index (χ4n) is 2.85. The van der Waals surface area contributed by atoms with Crippen molar-refractivity contribution >= 4 is 28.9 Å². The summed E-state index contributed by atoms with van der Waals surface area (Å²) in [5.41, 5.74) is 2.77. The highest BCUT2D eigenvalue weighted by Crippen LogP contribution is 2.31. The first-order chi connectivity index (χ1) is 13.3. The third-order valence-electron chi connectivity index (χ3n) is 4.21. The van der Waals surface area contributed by atoms with Crippen LogP contribution in [0.4, 0.5) is 24.8 Å². The van der Waals surface area contributed by atoms with Gasteiger partial charge in [-0.1, -0.05) is 17.7 Å². The summed E-state index contributed by atoms with van der Waals surface area (Å²) in [6, 6.07) is 12.0. The van der Waals surface area contributed by atoms with E-state index >= 15 is 0 Å². The van der Waals surface area contributed by atoms with Crippen molar-refractivity contribution in [1.29, 1.82) is 0 Å². The van der Waals surface area contributed by atoms with E-state index in [0.29, 0.717) is 22.4 Å². The fourth-order valence-corrected chi connectivity index (χ4v) is 3.14. The van der Waals surface area contributed by atoms with Crippen LogP contribution in [0.5, 0.6) is 0 Å². The van der Waals surface area contributed by atoms with Gasteiger partial charge < -0.3 is 5.32 Å². The van der Waals surface area contributed by atoms with Crippen LogP contribution in [0.2, 0.25) is 5.15 Å².